The molecule has 0 bridgehead atoms. The summed E-state index contributed by atoms with van der Waals surface area (Å²) in [5.41, 5.74) is 0.381. The van der Waals surface area contributed by atoms with Gasteiger partial charge in [-0.1, -0.05) is 11.6 Å². The van der Waals surface area contributed by atoms with Crippen LogP contribution in [0, 0.1) is 0 Å². The maximum absolute atomic E-state index is 12.8. The maximum atomic E-state index is 12.8. The monoisotopic (exact) mass is 340 g/mol. The van der Waals surface area contributed by atoms with Gasteiger partial charge in [0, 0.05) is 26.2 Å². The van der Waals surface area contributed by atoms with Crippen LogP contribution in [0.1, 0.15) is 23.2 Å². The van der Waals surface area contributed by atoms with Gasteiger partial charge >= 0.3 is 0 Å². The molecule has 6 nitrogen and oxygen atoms in total. The number of ether oxygens (including phenoxy) is 2. The van der Waals surface area contributed by atoms with Crippen LogP contribution in [-0.2, 0) is 4.79 Å². The number of methoxy groups -OCH3 is 2. The largest absolute Gasteiger partial charge is 0.493 e. The van der Waals surface area contributed by atoms with E-state index in [1.165, 1.54) is 19.1 Å². The van der Waals surface area contributed by atoms with Crippen LogP contribution >= 0.6 is 11.6 Å². The van der Waals surface area contributed by atoms with Gasteiger partial charge in [-0.3, -0.25) is 9.59 Å². The number of benzene rings is 1. The minimum absolute atomic E-state index is 0.0672. The molecule has 1 aromatic rings. The van der Waals surface area contributed by atoms with Gasteiger partial charge in [-0.05, 0) is 25.0 Å². The van der Waals surface area contributed by atoms with Crippen LogP contribution in [-0.4, -0.2) is 62.5 Å². The highest BCUT2D eigenvalue weighted by Crippen LogP contribution is 2.36. The van der Waals surface area contributed by atoms with Crippen LogP contribution in [0.4, 0.5) is 0 Å². The second kappa shape index (κ2) is 7.08. The van der Waals surface area contributed by atoms with E-state index in [1.807, 2.05) is 0 Å². The molecule has 1 saturated heterocycles. The number of nitrogens with zero attached hydrogens (tertiary/aromatic N) is 2. The van der Waals surface area contributed by atoms with Gasteiger partial charge in [0.25, 0.3) is 5.91 Å². The summed E-state index contributed by atoms with van der Waals surface area (Å²) < 4.78 is 10.4. The first-order valence-corrected chi connectivity index (χ1v) is 7.72. The standard InChI is InChI=1S/C16H21ClN2O4/c1-18(2)16(21)12-6-5-7-19(12)15(20)10-8-11(17)14(23-4)13(9-10)22-3/h8-9,12H,5-7H2,1-4H3. The zero-order valence-corrected chi connectivity index (χ0v) is 14.5. The van der Waals surface area contributed by atoms with Crippen LogP contribution in [0.3, 0.4) is 0 Å². The molecule has 126 valence electrons. The number of hydrogen-bond acceptors (Lipinski definition) is 4. The first kappa shape index (κ1) is 17.4. The van der Waals surface area contributed by atoms with E-state index in [9.17, 15) is 9.59 Å². The summed E-state index contributed by atoms with van der Waals surface area (Å²) in [7, 11) is 6.35. The molecule has 0 saturated carbocycles. The van der Waals surface area contributed by atoms with Gasteiger partial charge in [0.15, 0.2) is 11.5 Å². The molecule has 7 heteroatoms. The molecular weight excluding hydrogens is 320 g/mol. The van der Waals surface area contributed by atoms with Gasteiger partial charge in [0.1, 0.15) is 6.04 Å². The molecule has 2 amide bonds. The lowest BCUT2D eigenvalue weighted by molar-refractivity contribution is -0.132. The molecule has 1 fully saturated rings. The van der Waals surface area contributed by atoms with E-state index in [0.29, 0.717) is 35.1 Å². The van der Waals surface area contributed by atoms with Crippen molar-refractivity contribution in [2.45, 2.75) is 18.9 Å². The summed E-state index contributed by atoms with van der Waals surface area (Å²) in [6, 6.07) is 2.70. The Morgan fingerprint density at radius 3 is 2.52 bits per heavy atom. The molecule has 23 heavy (non-hydrogen) atoms. The molecule has 1 aromatic carbocycles. The van der Waals surface area contributed by atoms with Gasteiger partial charge in [-0.15, -0.1) is 0 Å². The Labute approximate surface area is 140 Å². The third-order valence-electron chi connectivity index (χ3n) is 3.92. The van der Waals surface area contributed by atoms with Crippen molar-refractivity contribution >= 4 is 23.4 Å². The molecule has 0 radical (unpaired) electrons. The number of carbonyl (C=O) groups is 2. The summed E-state index contributed by atoms with van der Waals surface area (Å²) in [6.45, 7) is 0.551. The topological polar surface area (TPSA) is 59.1 Å². The predicted molar refractivity (Wildman–Crippen MR) is 87.3 cm³/mol. The van der Waals surface area contributed by atoms with Gasteiger partial charge in [0.2, 0.25) is 5.91 Å². The minimum atomic E-state index is -0.427. The Hall–Kier alpha value is -1.95. The number of hydrogen-bond donors (Lipinski definition) is 0. The van der Waals surface area contributed by atoms with Crippen molar-refractivity contribution in [2.24, 2.45) is 0 Å². The number of likely N-dealkylation sites (tertiary alicyclic amines) is 1. The molecule has 1 atom stereocenters. The quantitative estimate of drug-likeness (QED) is 0.841. The van der Waals surface area contributed by atoms with Gasteiger partial charge < -0.3 is 19.3 Å². The number of rotatable bonds is 4. The van der Waals surface area contributed by atoms with Crippen LogP contribution in [0.2, 0.25) is 5.02 Å². The van der Waals surface area contributed by atoms with Crippen molar-refractivity contribution in [1.29, 1.82) is 0 Å². The molecule has 0 spiro atoms. The molecule has 1 aliphatic rings. The fraction of sp³-hybridized carbons (Fsp3) is 0.500. The number of halogens is 1. The summed E-state index contributed by atoms with van der Waals surface area (Å²) in [5.74, 6) is 0.471. The summed E-state index contributed by atoms with van der Waals surface area (Å²) in [5, 5.41) is 0.296. The minimum Gasteiger partial charge on any atom is -0.493 e. The highest BCUT2D eigenvalue weighted by Gasteiger charge is 2.35. The van der Waals surface area contributed by atoms with E-state index >= 15 is 0 Å². The summed E-state index contributed by atoms with van der Waals surface area (Å²) in [6.07, 6.45) is 1.47. The first-order valence-electron chi connectivity index (χ1n) is 7.34. The molecule has 0 aromatic heterocycles. The lowest BCUT2D eigenvalue weighted by Crippen LogP contribution is -2.45. The van der Waals surface area contributed by atoms with Gasteiger partial charge in [-0.2, -0.15) is 0 Å². The van der Waals surface area contributed by atoms with Crippen molar-refractivity contribution in [2.75, 3.05) is 34.9 Å². The lowest BCUT2D eigenvalue weighted by atomic mass is 10.1. The highest BCUT2D eigenvalue weighted by molar-refractivity contribution is 6.32. The van der Waals surface area contributed by atoms with E-state index < -0.39 is 6.04 Å². The third-order valence-corrected chi connectivity index (χ3v) is 4.20. The average molecular weight is 341 g/mol. The highest BCUT2D eigenvalue weighted by atomic mass is 35.5. The van der Waals surface area contributed by atoms with E-state index in [4.69, 9.17) is 21.1 Å². The second-order valence-corrected chi connectivity index (χ2v) is 5.99. The number of carbonyl (C=O) groups excluding carboxylic acids is 2. The number of likely N-dealkylation sites (N-methyl/N-ethyl adjacent to an activating group) is 1. The molecule has 2 rings (SSSR count). The summed E-state index contributed by atoms with van der Waals surface area (Å²) >= 11 is 6.16. The van der Waals surface area contributed by atoms with E-state index in [0.717, 1.165) is 6.42 Å². The Morgan fingerprint density at radius 1 is 1.26 bits per heavy atom. The van der Waals surface area contributed by atoms with E-state index in [-0.39, 0.29) is 11.8 Å². The van der Waals surface area contributed by atoms with Crippen LogP contribution < -0.4 is 9.47 Å². The Balaban J connectivity index is 2.33. The summed E-state index contributed by atoms with van der Waals surface area (Å²) in [4.78, 5) is 28.2. The third kappa shape index (κ3) is 3.37. The SMILES string of the molecule is COc1cc(C(=O)N2CCCC2C(=O)N(C)C)cc(Cl)c1OC. The smallest absolute Gasteiger partial charge is 0.254 e. The maximum Gasteiger partial charge on any atom is 0.254 e. The van der Waals surface area contributed by atoms with Crippen LogP contribution in [0.15, 0.2) is 12.1 Å². The van der Waals surface area contributed by atoms with Crippen molar-refractivity contribution < 1.29 is 19.1 Å². The fourth-order valence-electron chi connectivity index (χ4n) is 2.77. The predicted octanol–water partition coefficient (Wildman–Crippen LogP) is 2.05. The zero-order valence-electron chi connectivity index (χ0n) is 13.8. The number of amides is 2. The normalized spacial score (nSPS) is 17.1. The lowest BCUT2D eigenvalue weighted by Gasteiger charge is -2.26. The van der Waals surface area contributed by atoms with Crippen molar-refractivity contribution in [1.82, 2.24) is 9.80 Å². The van der Waals surface area contributed by atoms with Crippen molar-refractivity contribution in [3.63, 3.8) is 0 Å². The molecule has 1 aliphatic heterocycles. The fourth-order valence-corrected chi connectivity index (χ4v) is 3.06. The van der Waals surface area contributed by atoms with Crippen LogP contribution in [0.5, 0.6) is 11.5 Å². The average Bonchev–Trinajstić information content (AvgIpc) is 3.01. The van der Waals surface area contributed by atoms with E-state index in [1.54, 1.807) is 31.1 Å². The van der Waals surface area contributed by atoms with Crippen LogP contribution in [0.25, 0.3) is 0 Å². The van der Waals surface area contributed by atoms with Gasteiger partial charge in [-0.25, -0.2) is 0 Å². The molecule has 1 heterocycles. The van der Waals surface area contributed by atoms with Crippen molar-refractivity contribution in [3.8, 4) is 11.5 Å². The van der Waals surface area contributed by atoms with E-state index in [2.05, 4.69) is 0 Å². The Kier molecular flexibility index (Phi) is 5.36. The zero-order chi connectivity index (χ0) is 17.1. The molecule has 0 aliphatic carbocycles. The first-order chi connectivity index (χ1) is 10.9. The van der Waals surface area contributed by atoms with Gasteiger partial charge in [0.05, 0.1) is 19.2 Å². The Morgan fingerprint density at radius 2 is 1.96 bits per heavy atom. The van der Waals surface area contributed by atoms with Crippen molar-refractivity contribution in [3.05, 3.63) is 22.7 Å². The second-order valence-electron chi connectivity index (χ2n) is 5.58. The molecule has 0 N–H and O–H groups in total. The Bertz CT molecular complexity index is 618. The molecule has 1 unspecified atom stereocenters. The molecular formula is C16H21ClN2O4.